The predicted molar refractivity (Wildman–Crippen MR) is 63.6 cm³/mol. The number of aromatic nitrogens is 3. The van der Waals surface area contributed by atoms with Crippen molar-refractivity contribution in [1.29, 1.82) is 0 Å². The molecule has 18 heavy (non-hydrogen) atoms. The van der Waals surface area contributed by atoms with Gasteiger partial charge in [0.2, 0.25) is 5.95 Å². The summed E-state index contributed by atoms with van der Waals surface area (Å²) < 4.78 is 30.9. The maximum Gasteiger partial charge on any atom is 0.266 e. The standard InChI is InChI=1S/C9H11N5O3S/c1-6-3-8(13-17-6)14-18(15,16)7-4-11-9(10-2)12-5-7/h3-5H,1-2H3,(H,13,14)(H,10,11,12). The molecule has 0 saturated carbocycles. The zero-order chi connectivity index (χ0) is 13.2. The van der Waals surface area contributed by atoms with Gasteiger partial charge in [-0.15, -0.1) is 0 Å². The molecule has 0 aliphatic heterocycles. The van der Waals surface area contributed by atoms with Crippen molar-refractivity contribution >= 4 is 21.8 Å². The highest BCUT2D eigenvalue weighted by atomic mass is 32.2. The Labute approximate surface area is 103 Å². The van der Waals surface area contributed by atoms with E-state index >= 15 is 0 Å². The number of hydrogen-bond donors (Lipinski definition) is 2. The first-order valence-corrected chi connectivity index (χ1v) is 6.45. The van der Waals surface area contributed by atoms with Crippen LogP contribution in [0.25, 0.3) is 0 Å². The van der Waals surface area contributed by atoms with Crippen LogP contribution in [0, 0.1) is 6.92 Å². The molecule has 0 unspecified atom stereocenters. The number of rotatable bonds is 4. The normalized spacial score (nSPS) is 11.2. The Hall–Kier alpha value is -2.16. The van der Waals surface area contributed by atoms with E-state index in [9.17, 15) is 8.42 Å². The first-order chi connectivity index (χ1) is 8.51. The van der Waals surface area contributed by atoms with Crippen molar-refractivity contribution in [2.75, 3.05) is 17.1 Å². The van der Waals surface area contributed by atoms with Gasteiger partial charge in [-0.2, -0.15) is 0 Å². The fraction of sp³-hybridized carbons (Fsp3) is 0.222. The Balaban J connectivity index is 2.24. The van der Waals surface area contributed by atoms with Crippen LogP contribution in [0.2, 0.25) is 0 Å². The average molecular weight is 269 g/mol. The molecule has 2 rings (SSSR count). The van der Waals surface area contributed by atoms with Gasteiger partial charge in [-0.3, -0.25) is 4.72 Å². The Morgan fingerprint density at radius 1 is 1.28 bits per heavy atom. The maximum atomic E-state index is 11.9. The number of nitrogens with one attached hydrogen (secondary N) is 2. The summed E-state index contributed by atoms with van der Waals surface area (Å²) in [5.74, 6) is 0.964. The fourth-order valence-corrected chi connectivity index (χ4v) is 2.07. The van der Waals surface area contributed by atoms with Gasteiger partial charge in [0, 0.05) is 13.1 Å². The van der Waals surface area contributed by atoms with E-state index < -0.39 is 10.0 Å². The summed E-state index contributed by atoms with van der Waals surface area (Å²) in [7, 11) is -2.11. The minimum Gasteiger partial charge on any atom is -0.360 e. The highest BCUT2D eigenvalue weighted by Gasteiger charge is 2.17. The smallest absolute Gasteiger partial charge is 0.266 e. The van der Waals surface area contributed by atoms with Crippen molar-refractivity contribution in [1.82, 2.24) is 15.1 Å². The quantitative estimate of drug-likeness (QED) is 0.836. The summed E-state index contributed by atoms with van der Waals surface area (Å²) in [6, 6.07) is 1.47. The topological polar surface area (TPSA) is 110 Å². The van der Waals surface area contributed by atoms with E-state index in [1.807, 2.05) is 0 Å². The lowest BCUT2D eigenvalue weighted by atomic mass is 10.5. The number of sulfonamides is 1. The van der Waals surface area contributed by atoms with Crippen LogP contribution in [0.3, 0.4) is 0 Å². The molecule has 2 aromatic heterocycles. The van der Waals surface area contributed by atoms with E-state index in [2.05, 4.69) is 25.2 Å². The van der Waals surface area contributed by atoms with E-state index in [1.165, 1.54) is 18.5 Å². The molecule has 0 radical (unpaired) electrons. The molecule has 0 atom stereocenters. The molecular weight excluding hydrogens is 258 g/mol. The minimum atomic E-state index is -3.75. The maximum absolute atomic E-state index is 11.9. The van der Waals surface area contributed by atoms with E-state index in [0.29, 0.717) is 11.7 Å². The molecule has 0 fully saturated rings. The molecule has 0 amide bonds. The summed E-state index contributed by atoms with van der Waals surface area (Å²) in [4.78, 5) is 7.60. The first-order valence-electron chi connectivity index (χ1n) is 4.97. The van der Waals surface area contributed by atoms with Crippen molar-refractivity contribution in [2.45, 2.75) is 11.8 Å². The molecule has 0 bridgehead atoms. The SMILES string of the molecule is CNc1ncc(S(=O)(=O)Nc2cc(C)on2)cn1. The van der Waals surface area contributed by atoms with Gasteiger partial charge < -0.3 is 9.84 Å². The second kappa shape index (κ2) is 4.61. The van der Waals surface area contributed by atoms with Gasteiger partial charge in [0.1, 0.15) is 10.7 Å². The van der Waals surface area contributed by atoms with Gasteiger partial charge in [-0.05, 0) is 6.92 Å². The molecule has 0 saturated heterocycles. The number of hydrogen-bond acceptors (Lipinski definition) is 7. The van der Waals surface area contributed by atoms with Crippen LogP contribution in [0.5, 0.6) is 0 Å². The predicted octanol–water partition coefficient (Wildman–Crippen LogP) is 0.616. The number of nitrogens with zero attached hydrogens (tertiary/aromatic N) is 3. The summed E-state index contributed by atoms with van der Waals surface area (Å²) >= 11 is 0. The highest BCUT2D eigenvalue weighted by Crippen LogP contribution is 2.14. The van der Waals surface area contributed by atoms with Crippen molar-refractivity contribution in [3.8, 4) is 0 Å². The monoisotopic (exact) mass is 269 g/mol. The van der Waals surface area contributed by atoms with Crippen molar-refractivity contribution < 1.29 is 12.9 Å². The zero-order valence-corrected chi connectivity index (χ0v) is 10.5. The Morgan fingerprint density at radius 2 is 1.94 bits per heavy atom. The van der Waals surface area contributed by atoms with E-state index in [-0.39, 0.29) is 10.7 Å². The van der Waals surface area contributed by atoms with Gasteiger partial charge in [0.15, 0.2) is 5.82 Å². The third-order valence-electron chi connectivity index (χ3n) is 2.03. The Kier molecular flexibility index (Phi) is 3.15. The van der Waals surface area contributed by atoms with Crippen LogP contribution in [0.4, 0.5) is 11.8 Å². The number of aryl methyl sites for hydroxylation is 1. The molecule has 96 valence electrons. The largest absolute Gasteiger partial charge is 0.360 e. The summed E-state index contributed by atoms with van der Waals surface area (Å²) in [6.45, 7) is 1.66. The molecule has 8 nitrogen and oxygen atoms in total. The van der Waals surface area contributed by atoms with Gasteiger partial charge in [0.05, 0.1) is 12.4 Å². The van der Waals surface area contributed by atoms with Crippen molar-refractivity contribution in [3.05, 3.63) is 24.2 Å². The number of anilines is 2. The van der Waals surface area contributed by atoms with Crippen LogP contribution < -0.4 is 10.0 Å². The Morgan fingerprint density at radius 3 is 2.44 bits per heavy atom. The van der Waals surface area contributed by atoms with E-state index in [0.717, 1.165) is 0 Å². The van der Waals surface area contributed by atoms with Crippen LogP contribution in [-0.4, -0.2) is 30.6 Å². The summed E-state index contributed by atoms with van der Waals surface area (Å²) in [5.41, 5.74) is 0. The second-order valence-electron chi connectivity index (χ2n) is 3.42. The lowest BCUT2D eigenvalue weighted by Crippen LogP contribution is -2.14. The highest BCUT2D eigenvalue weighted by molar-refractivity contribution is 7.92. The first kappa shape index (κ1) is 12.3. The van der Waals surface area contributed by atoms with Crippen molar-refractivity contribution in [2.24, 2.45) is 0 Å². The van der Waals surface area contributed by atoms with Gasteiger partial charge in [-0.1, -0.05) is 5.16 Å². The molecule has 0 aliphatic carbocycles. The molecule has 2 aromatic rings. The Bertz CT molecular complexity index is 634. The van der Waals surface area contributed by atoms with Crippen LogP contribution in [0.15, 0.2) is 27.9 Å². The van der Waals surface area contributed by atoms with Gasteiger partial charge in [0.25, 0.3) is 10.0 Å². The lowest BCUT2D eigenvalue weighted by Gasteiger charge is -2.04. The molecule has 2 heterocycles. The van der Waals surface area contributed by atoms with Gasteiger partial charge >= 0.3 is 0 Å². The fourth-order valence-electron chi connectivity index (χ4n) is 1.20. The van der Waals surface area contributed by atoms with Gasteiger partial charge in [-0.25, -0.2) is 18.4 Å². The van der Waals surface area contributed by atoms with Crippen molar-refractivity contribution in [3.63, 3.8) is 0 Å². The molecule has 9 heteroatoms. The molecule has 0 aliphatic rings. The molecule has 2 N–H and O–H groups in total. The lowest BCUT2D eigenvalue weighted by molar-refractivity contribution is 0.400. The summed E-state index contributed by atoms with van der Waals surface area (Å²) in [6.07, 6.45) is 2.40. The van der Waals surface area contributed by atoms with Crippen LogP contribution in [0.1, 0.15) is 5.76 Å². The van der Waals surface area contributed by atoms with Crippen LogP contribution >= 0.6 is 0 Å². The van der Waals surface area contributed by atoms with E-state index in [1.54, 1.807) is 14.0 Å². The average Bonchev–Trinajstić information content (AvgIpc) is 2.74. The zero-order valence-electron chi connectivity index (χ0n) is 9.71. The summed E-state index contributed by atoms with van der Waals surface area (Å²) in [5, 5.41) is 6.24. The third kappa shape index (κ3) is 2.56. The molecular formula is C9H11N5O3S. The third-order valence-corrected chi connectivity index (χ3v) is 3.34. The second-order valence-corrected chi connectivity index (χ2v) is 5.10. The molecule has 0 aromatic carbocycles. The van der Waals surface area contributed by atoms with E-state index in [4.69, 9.17) is 4.52 Å². The minimum absolute atomic E-state index is 0.0536. The molecule has 0 spiro atoms. The van der Waals surface area contributed by atoms with Crippen LogP contribution in [-0.2, 0) is 10.0 Å².